The van der Waals surface area contributed by atoms with Crippen LogP contribution in [-0.2, 0) is 12.0 Å². The van der Waals surface area contributed by atoms with Crippen molar-refractivity contribution in [2.45, 2.75) is 38.6 Å². The third-order valence-corrected chi connectivity index (χ3v) is 3.78. The van der Waals surface area contributed by atoms with Crippen molar-refractivity contribution in [2.24, 2.45) is 5.92 Å². The molecule has 1 aliphatic carbocycles. The van der Waals surface area contributed by atoms with Gasteiger partial charge in [0.2, 0.25) is 0 Å². The monoisotopic (exact) mass is 258 g/mol. The summed E-state index contributed by atoms with van der Waals surface area (Å²) in [6.45, 7) is 5.17. The minimum absolute atomic E-state index is 0.529. The molecule has 19 heavy (non-hydrogen) atoms. The molecular weight excluding hydrogens is 236 g/mol. The zero-order valence-corrected chi connectivity index (χ0v) is 12.0. The van der Waals surface area contributed by atoms with Gasteiger partial charge in [0, 0.05) is 0 Å². The predicted molar refractivity (Wildman–Crippen MR) is 76.1 cm³/mol. The first kappa shape index (κ1) is 13.9. The van der Waals surface area contributed by atoms with Crippen LogP contribution < -0.4 is 10.1 Å². The summed E-state index contributed by atoms with van der Waals surface area (Å²) in [7, 11) is 1.67. The highest BCUT2D eigenvalue weighted by atomic mass is 16.5. The normalized spacial score (nSPS) is 21.8. The first-order chi connectivity index (χ1) is 9.11. The molecule has 0 amide bonds. The van der Waals surface area contributed by atoms with Gasteiger partial charge in [-0.2, -0.15) is 5.26 Å². The van der Waals surface area contributed by atoms with E-state index in [1.54, 1.807) is 7.11 Å². The molecule has 0 aliphatic heterocycles. The quantitative estimate of drug-likeness (QED) is 0.903. The van der Waals surface area contributed by atoms with E-state index in [2.05, 4.69) is 31.3 Å². The number of ether oxygens (including phenoxy) is 1. The lowest BCUT2D eigenvalue weighted by Gasteiger charge is -2.35. The van der Waals surface area contributed by atoms with Crippen LogP contribution in [0.5, 0.6) is 5.75 Å². The Morgan fingerprint density at radius 1 is 1.47 bits per heavy atom. The highest BCUT2D eigenvalue weighted by Crippen LogP contribution is 2.37. The average molecular weight is 258 g/mol. The molecule has 1 atom stereocenters. The number of fused-ring (bicyclic) bond motifs is 1. The third kappa shape index (κ3) is 2.74. The zero-order valence-electron chi connectivity index (χ0n) is 12.0. The summed E-state index contributed by atoms with van der Waals surface area (Å²) in [5, 5.41) is 13.2. The summed E-state index contributed by atoms with van der Waals surface area (Å²) in [5.74, 6) is 1.35. The first-order valence-corrected chi connectivity index (χ1v) is 6.95. The molecule has 1 unspecified atom stereocenters. The van der Waals surface area contributed by atoms with Crippen molar-refractivity contribution in [2.75, 3.05) is 13.7 Å². The fourth-order valence-corrected chi connectivity index (χ4v) is 2.69. The summed E-state index contributed by atoms with van der Waals surface area (Å²) < 4.78 is 5.31. The van der Waals surface area contributed by atoms with Crippen LogP contribution in [-0.4, -0.2) is 13.7 Å². The van der Waals surface area contributed by atoms with Gasteiger partial charge in [-0.3, -0.25) is 5.32 Å². The number of methoxy groups -OCH3 is 1. The number of aryl methyl sites for hydroxylation is 1. The van der Waals surface area contributed by atoms with E-state index in [-0.39, 0.29) is 0 Å². The molecule has 0 saturated carbocycles. The van der Waals surface area contributed by atoms with Gasteiger partial charge < -0.3 is 4.74 Å². The van der Waals surface area contributed by atoms with E-state index in [1.165, 1.54) is 5.56 Å². The fourth-order valence-electron chi connectivity index (χ4n) is 2.69. The molecule has 0 heterocycles. The molecule has 1 N–H and O–H groups in total. The Kier molecular flexibility index (Phi) is 4.11. The Bertz CT molecular complexity index is 490. The number of nitriles is 1. The Labute approximate surface area is 115 Å². The van der Waals surface area contributed by atoms with Crippen LogP contribution in [0.2, 0.25) is 0 Å². The van der Waals surface area contributed by atoms with E-state index >= 15 is 0 Å². The number of nitrogens with zero attached hydrogens (tertiary/aromatic N) is 1. The highest BCUT2D eigenvalue weighted by molar-refractivity contribution is 5.45. The minimum atomic E-state index is -0.549. The summed E-state index contributed by atoms with van der Waals surface area (Å²) in [5.41, 5.74) is 1.82. The maximum absolute atomic E-state index is 9.71. The molecule has 0 saturated heterocycles. The lowest BCUT2D eigenvalue weighted by Crippen LogP contribution is -2.45. The van der Waals surface area contributed by atoms with E-state index in [4.69, 9.17) is 4.74 Å². The van der Waals surface area contributed by atoms with Crippen LogP contribution in [0, 0.1) is 17.2 Å². The summed E-state index contributed by atoms with van der Waals surface area (Å²) in [6, 6.07) is 8.61. The van der Waals surface area contributed by atoms with E-state index in [0.29, 0.717) is 5.92 Å². The van der Waals surface area contributed by atoms with Crippen molar-refractivity contribution in [3.8, 4) is 11.8 Å². The highest BCUT2D eigenvalue weighted by Gasteiger charge is 2.36. The number of hydrogen-bond donors (Lipinski definition) is 1. The van der Waals surface area contributed by atoms with Gasteiger partial charge in [0.25, 0.3) is 0 Å². The molecule has 1 aromatic rings. The fraction of sp³-hybridized carbons (Fsp3) is 0.562. The van der Waals surface area contributed by atoms with Gasteiger partial charge in [0.1, 0.15) is 11.3 Å². The summed E-state index contributed by atoms with van der Waals surface area (Å²) in [4.78, 5) is 0. The number of rotatable bonds is 4. The molecule has 1 aliphatic rings. The van der Waals surface area contributed by atoms with Crippen molar-refractivity contribution in [1.29, 1.82) is 5.26 Å². The second-order valence-corrected chi connectivity index (χ2v) is 5.67. The second kappa shape index (κ2) is 5.63. The average Bonchev–Trinajstić information content (AvgIpc) is 2.44. The molecule has 0 fully saturated rings. The van der Waals surface area contributed by atoms with Crippen molar-refractivity contribution in [3.63, 3.8) is 0 Å². The van der Waals surface area contributed by atoms with Gasteiger partial charge >= 0.3 is 0 Å². The van der Waals surface area contributed by atoms with E-state index in [9.17, 15) is 5.26 Å². The van der Waals surface area contributed by atoms with Crippen LogP contribution in [0.25, 0.3) is 0 Å². The van der Waals surface area contributed by atoms with Crippen LogP contribution in [0.4, 0.5) is 0 Å². The lowest BCUT2D eigenvalue weighted by molar-refractivity contribution is 0.343. The largest absolute Gasteiger partial charge is 0.497 e. The lowest BCUT2D eigenvalue weighted by atomic mass is 9.77. The smallest absolute Gasteiger partial charge is 0.132 e. The van der Waals surface area contributed by atoms with Gasteiger partial charge in [0.05, 0.1) is 13.2 Å². The summed E-state index contributed by atoms with van der Waals surface area (Å²) in [6.07, 6.45) is 2.97. The van der Waals surface area contributed by atoms with E-state index < -0.39 is 5.54 Å². The molecule has 0 bridgehead atoms. The molecule has 3 nitrogen and oxygen atoms in total. The molecule has 0 spiro atoms. The second-order valence-electron chi connectivity index (χ2n) is 5.67. The van der Waals surface area contributed by atoms with Crippen LogP contribution in [0.1, 0.15) is 37.8 Å². The Morgan fingerprint density at radius 3 is 2.89 bits per heavy atom. The Balaban J connectivity index is 2.40. The summed E-state index contributed by atoms with van der Waals surface area (Å²) >= 11 is 0. The van der Waals surface area contributed by atoms with Crippen molar-refractivity contribution < 1.29 is 4.74 Å². The predicted octanol–water partition coefficient (Wildman–Crippen LogP) is 3.00. The van der Waals surface area contributed by atoms with Crippen LogP contribution in [0.3, 0.4) is 0 Å². The first-order valence-electron chi connectivity index (χ1n) is 6.95. The van der Waals surface area contributed by atoms with Gasteiger partial charge in [-0.15, -0.1) is 0 Å². The van der Waals surface area contributed by atoms with Crippen molar-refractivity contribution in [3.05, 3.63) is 29.3 Å². The molecule has 0 aromatic heterocycles. The molecule has 2 rings (SSSR count). The minimum Gasteiger partial charge on any atom is -0.497 e. The zero-order chi connectivity index (χ0) is 13.9. The maximum atomic E-state index is 9.71. The molecule has 1 aromatic carbocycles. The van der Waals surface area contributed by atoms with E-state index in [1.807, 2.05) is 12.1 Å². The number of nitrogens with one attached hydrogen (secondary N) is 1. The number of benzene rings is 1. The standard InChI is InChI=1S/C16H22N2O/c1-12(2)10-18-16(11-17)8-4-5-13-6-7-14(19-3)9-15(13)16/h6-7,9,12,18H,4-5,8,10H2,1-3H3. The van der Waals surface area contributed by atoms with Crippen molar-refractivity contribution in [1.82, 2.24) is 5.32 Å². The van der Waals surface area contributed by atoms with Gasteiger partial charge in [0.15, 0.2) is 0 Å². The van der Waals surface area contributed by atoms with Gasteiger partial charge in [-0.25, -0.2) is 0 Å². The maximum Gasteiger partial charge on any atom is 0.132 e. The molecule has 102 valence electrons. The molecule has 3 heteroatoms. The Hall–Kier alpha value is -1.53. The van der Waals surface area contributed by atoms with Crippen LogP contribution >= 0.6 is 0 Å². The molecular formula is C16H22N2O. The number of hydrogen-bond acceptors (Lipinski definition) is 3. The van der Waals surface area contributed by atoms with Gasteiger partial charge in [-0.05, 0) is 55.0 Å². The third-order valence-electron chi connectivity index (χ3n) is 3.78. The molecule has 0 radical (unpaired) electrons. The topological polar surface area (TPSA) is 45.0 Å². The Morgan fingerprint density at radius 2 is 2.26 bits per heavy atom. The van der Waals surface area contributed by atoms with Crippen LogP contribution in [0.15, 0.2) is 18.2 Å². The SMILES string of the molecule is COc1ccc2c(c1)C(C#N)(NCC(C)C)CCC2. The van der Waals surface area contributed by atoms with E-state index in [0.717, 1.165) is 37.1 Å². The van der Waals surface area contributed by atoms with Gasteiger partial charge in [-0.1, -0.05) is 19.9 Å². The van der Waals surface area contributed by atoms with Crippen molar-refractivity contribution >= 4 is 0 Å².